The molecule has 0 saturated carbocycles. The molecule has 3 aromatic carbocycles. The topological polar surface area (TPSA) is 99.5 Å². The van der Waals surface area contributed by atoms with Crippen molar-refractivity contribution in [3.63, 3.8) is 0 Å². The van der Waals surface area contributed by atoms with Crippen LogP contribution in [0.4, 0.5) is 4.39 Å². The van der Waals surface area contributed by atoms with Crippen LogP contribution in [0.3, 0.4) is 0 Å². The van der Waals surface area contributed by atoms with Gasteiger partial charge in [-0.05, 0) is 60.9 Å². The quantitative estimate of drug-likeness (QED) is 0.361. The summed E-state index contributed by atoms with van der Waals surface area (Å²) in [7, 11) is -3.99. The molecule has 2 heterocycles. The highest BCUT2D eigenvalue weighted by Gasteiger charge is 2.46. The van der Waals surface area contributed by atoms with E-state index in [1.165, 1.54) is 41.8 Å². The molecule has 0 radical (unpaired) electrons. The van der Waals surface area contributed by atoms with Gasteiger partial charge in [0.05, 0.1) is 17.0 Å². The van der Waals surface area contributed by atoms with Crippen LogP contribution < -0.4 is 0 Å². The number of azo groups is 1. The molecule has 2 aliphatic heterocycles. The van der Waals surface area contributed by atoms with Crippen LogP contribution in [0.1, 0.15) is 46.9 Å². The first-order valence-electron chi connectivity index (χ1n) is 13.3. The monoisotopic (exact) mass is 640 g/mol. The lowest BCUT2D eigenvalue weighted by Gasteiger charge is -2.38. The summed E-state index contributed by atoms with van der Waals surface area (Å²) in [6.45, 7) is 3.92. The molecule has 1 fully saturated rings. The van der Waals surface area contributed by atoms with E-state index in [0.29, 0.717) is 17.4 Å². The summed E-state index contributed by atoms with van der Waals surface area (Å²) in [6.07, 6.45) is 0.477. The van der Waals surface area contributed by atoms with E-state index in [1.807, 2.05) is 24.3 Å². The second-order valence-electron chi connectivity index (χ2n) is 10.7. The van der Waals surface area contributed by atoms with Crippen molar-refractivity contribution in [3.05, 3.63) is 99.3 Å². The Kier molecular flexibility index (Phi) is 8.11. The largest absolute Gasteiger partial charge is 0.338 e. The van der Waals surface area contributed by atoms with Gasteiger partial charge in [0.1, 0.15) is 16.6 Å². The van der Waals surface area contributed by atoms with Crippen LogP contribution in [0.15, 0.2) is 86.3 Å². The summed E-state index contributed by atoms with van der Waals surface area (Å²) in [5.41, 5.74) is 2.90. The summed E-state index contributed by atoms with van der Waals surface area (Å²) in [5.74, 6) is -1.63. The predicted octanol–water partition coefficient (Wildman–Crippen LogP) is 5.37. The minimum atomic E-state index is -3.99. The molecule has 11 heteroatoms. The molecule has 0 N–H and O–H groups in total. The lowest BCUT2D eigenvalue weighted by atomic mass is 9.93. The molecule has 5 rings (SSSR count). The van der Waals surface area contributed by atoms with E-state index in [9.17, 15) is 22.4 Å². The lowest BCUT2D eigenvalue weighted by Crippen LogP contribution is -2.57. The molecule has 0 aromatic heterocycles. The lowest BCUT2D eigenvalue weighted by molar-refractivity contribution is -0.134. The molecule has 8 nitrogen and oxygen atoms in total. The maximum atomic E-state index is 14.9. The standard InChI is InChI=1S/C30H30BrFN4O4S/c1-30(2,41(39,40)23-8-5-7-22(31)18-23)29(38)36-14-12-35(13-15-36)28(37)25-16-20(10-11-26(25)32)17-27-24-9-4-3-6-21(24)19-33-34-27/h3-11,16,18,27H,12-15,17,19H2,1-2H3. The van der Waals surface area contributed by atoms with Crippen LogP contribution in [0.25, 0.3) is 0 Å². The van der Waals surface area contributed by atoms with Gasteiger partial charge in [0, 0.05) is 37.1 Å². The number of rotatable bonds is 6. The van der Waals surface area contributed by atoms with Gasteiger partial charge in [0.2, 0.25) is 5.91 Å². The number of benzene rings is 3. The van der Waals surface area contributed by atoms with Gasteiger partial charge in [-0.25, -0.2) is 12.8 Å². The number of hydrogen-bond donors (Lipinski definition) is 0. The van der Waals surface area contributed by atoms with E-state index in [4.69, 9.17) is 0 Å². The van der Waals surface area contributed by atoms with Crippen LogP contribution in [-0.4, -0.2) is 61.0 Å². The van der Waals surface area contributed by atoms with E-state index < -0.39 is 32.2 Å². The molecule has 214 valence electrons. The third-order valence-electron chi connectivity index (χ3n) is 7.71. The van der Waals surface area contributed by atoms with Crippen molar-refractivity contribution >= 4 is 37.6 Å². The van der Waals surface area contributed by atoms with E-state index in [2.05, 4.69) is 26.2 Å². The molecule has 2 amide bonds. The van der Waals surface area contributed by atoms with Crippen molar-refractivity contribution in [2.45, 2.75) is 42.5 Å². The molecule has 41 heavy (non-hydrogen) atoms. The zero-order valence-corrected chi connectivity index (χ0v) is 25.2. The number of carbonyl (C=O) groups is 2. The van der Waals surface area contributed by atoms with Crippen LogP contribution in [0.2, 0.25) is 0 Å². The van der Waals surface area contributed by atoms with Crippen LogP contribution in [-0.2, 0) is 27.6 Å². The number of amides is 2. The minimum absolute atomic E-state index is 0.0409. The Hall–Kier alpha value is -3.44. The highest BCUT2D eigenvalue weighted by atomic mass is 79.9. The van der Waals surface area contributed by atoms with Gasteiger partial charge in [0.25, 0.3) is 5.91 Å². The van der Waals surface area contributed by atoms with Gasteiger partial charge in [0.15, 0.2) is 9.84 Å². The second kappa shape index (κ2) is 11.4. The predicted molar refractivity (Wildman–Crippen MR) is 156 cm³/mol. The van der Waals surface area contributed by atoms with E-state index in [1.54, 1.807) is 24.3 Å². The van der Waals surface area contributed by atoms with Gasteiger partial charge in [-0.3, -0.25) is 9.59 Å². The minimum Gasteiger partial charge on any atom is -0.338 e. The zero-order chi connectivity index (χ0) is 29.4. The fourth-order valence-electron chi connectivity index (χ4n) is 5.23. The SMILES string of the molecule is CC(C)(C(=O)N1CCN(C(=O)c2cc(CC3N=NCc4ccccc43)ccc2F)CC1)S(=O)(=O)c1cccc(Br)c1. The molecule has 3 aromatic rings. The maximum absolute atomic E-state index is 14.9. The summed E-state index contributed by atoms with van der Waals surface area (Å²) in [5, 5.41) is 8.61. The molecule has 0 spiro atoms. The van der Waals surface area contributed by atoms with Crippen LogP contribution in [0.5, 0.6) is 0 Å². The average molecular weight is 642 g/mol. The van der Waals surface area contributed by atoms with Crippen molar-refractivity contribution in [2.24, 2.45) is 10.2 Å². The maximum Gasteiger partial charge on any atom is 0.256 e. The summed E-state index contributed by atoms with van der Waals surface area (Å²) in [6, 6.07) is 18.5. The fourth-order valence-corrected chi connectivity index (χ4v) is 7.26. The molecule has 1 unspecified atom stereocenters. The normalized spacial score (nSPS) is 17.3. The number of carbonyl (C=O) groups excluding carboxylic acids is 2. The third kappa shape index (κ3) is 5.70. The van der Waals surface area contributed by atoms with Gasteiger partial charge in [-0.2, -0.15) is 10.2 Å². The average Bonchev–Trinajstić information content (AvgIpc) is 2.97. The second-order valence-corrected chi connectivity index (χ2v) is 14.1. The molecular formula is C30H30BrFN4O4S. The number of sulfone groups is 1. The zero-order valence-electron chi connectivity index (χ0n) is 22.8. The smallest absolute Gasteiger partial charge is 0.256 e. The fraction of sp³-hybridized carbons (Fsp3) is 0.333. The molecule has 0 aliphatic carbocycles. The van der Waals surface area contributed by atoms with Crippen molar-refractivity contribution in [1.29, 1.82) is 0 Å². The first-order valence-corrected chi connectivity index (χ1v) is 15.6. The van der Waals surface area contributed by atoms with E-state index >= 15 is 0 Å². The number of fused-ring (bicyclic) bond motifs is 1. The Balaban J connectivity index is 1.26. The number of piperazine rings is 1. The van der Waals surface area contributed by atoms with Crippen molar-refractivity contribution in [3.8, 4) is 0 Å². The van der Waals surface area contributed by atoms with Crippen LogP contribution >= 0.6 is 15.9 Å². The van der Waals surface area contributed by atoms with Crippen molar-refractivity contribution < 1.29 is 22.4 Å². The van der Waals surface area contributed by atoms with Gasteiger partial charge < -0.3 is 9.80 Å². The van der Waals surface area contributed by atoms with E-state index in [-0.39, 0.29) is 42.7 Å². The Morgan fingerprint density at radius 2 is 1.68 bits per heavy atom. The Morgan fingerprint density at radius 1 is 0.976 bits per heavy atom. The highest BCUT2D eigenvalue weighted by molar-refractivity contribution is 9.10. The number of hydrogen-bond acceptors (Lipinski definition) is 6. The van der Waals surface area contributed by atoms with E-state index in [0.717, 1.165) is 16.7 Å². The van der Waals surface area contributed by atoms with Gasteiger partial charge >= 0.3 is 0 Å². The molecule has 1 atom stereocenters. The molecule has 2 aliphatic rings. The Bertz CT molecular complexity index is 1630. The molecule has 1 saturated heterocycles. The van der Waals surface area contributed by atoms with Gasteiger partial charge in [-0.1, -0.05) is 52.3 Å². The Labute approximate surface area is 247 Å². The van der Waals surface area contributed by atoms with Crippen molar-refractivity contribution in [1.82, 2.24) is 9.80 Å². The van der Waals surface area contributed by atoms with Crippen LogP contribution in [0, 0.1) is 5.82 Å². The summed E-state index contributed by atoms with van der Waals surface area (Å²) in [4.78, 5) is 29.8. The Morgan fingerprint density at radius 3 is 2.41 bits per heavy atom. The third-order valence-corrected chi connectivity index (χ3v) is 10.6. The van der Waals surface area contributed by atoms with Gasteiger partial charge in [-0.15, -0.1) is 0 Å². The first kappa shape index (κ1) is 29.1. The number of halogens is 2. The number of nitrogens with zero attached hydrogens (tertiary/aromatic N) is 4. The highest BCUT2D eigenvalue weighted by Crippen LogP contribution is 2.32. The molecular weight excluding hydrogens is 611 g/mol. The summed E-state index contributed by atoms with van der Waals surface area (Å²) < 4.78 is 40.4. The molecule has 0 bridgehead atoms. The first-order chi connectivity index (χ1) is 19.5. The van der Waals surface area contributed by atoms with Crippen molar-refractivity contribution in [2.75, 3.05) is 26.2 Å². The summed E-state index contributed by atoms with van der Waals surface area (Å²) >= 11 is 3.28.